The summed E-state index contributed by atoms with van der Waals surface area (Å²) in [6.45, 7) is 3.29. The third kappa shape index (κ3) is 4.34. The van der Waals surface area contributed by atoms with Gasteiger partial charge in [-0.05, 0) is 50.6 Å². The highest BCUT2D eigenvalue weighted by molar-refractivity contribution is 5.23. The fourth-order valence-corrected chi connectivity index (χ4v) is 2.72. The topological polar surface area (TPSA) is 34.1 Å². The van der Waals surface area contributed by atoms with Gasteiger partial charge in [-0.3, -0.25) is 0 Å². The van der Waals surface area contributed by atoms with Gasteiger partial charge in [0.2, 0.25) is 5.88 Å². The summed E-state index contributed by atoms with van der Waals surface area (Å²) in [6, 6.07) is 4.53. The molecule has 1 unspecified atom stereocenters. The first-order valence-electron chi connectivity index (χ1n) is 7.74. The lowest BCUT2D eigenvalue weighted by molar-refractivity contribution is 0.397. The minimum absolute atomic E-state index is 0.463. The standard InChI is InChI=1S/C17H26N2O/c1-3-11-18-16(15-7-5-4-6-8-15)12-14-9-10-17(20-2)19-13-14/h7,9-10,13,16,18H,3-6,8,11-12H2,1-2H3. The zero-order valence-corrected chi connectivity index (χ0v) is 12.7. The van der Waals surface area contributed by atoms with Crippen molar-refractivity contribution in [1.82, 2.24) is 10.3 Å². The Bertz CT molecular complexity index is 425. The fraction of sp³-hybridized carbons (Fsp3) is 0.588. The number of allylic oxidation sites excluding steroid dienone is 1. The quantitative estimate of drug-likeness (QED) is 0.773. The van der Waals surface area contributed by atoms with Crippen LogP contribution in [-0.4, -0.2) is 24.7 Å². The van der Waals surface area contributed by atoms with Gasteiger partial charge < -0.3 is 10.1 Å². The fourth-order valence-electron chi connectivity index (χ4n) is 2.72. The smallest absolute Gasteiger partial charge is 0.212 e. The summed E-state index contributed by atoms with van der Waals surface area (Å²) < 4.78 is 5.12. The van der Waals surface area contributed by atoms with Crippen molar-refractivity contribution >= 4 is 0 Å². The van der Waals surface area contributed by atoms with Crippen molar-refractivity contribution in [3.63, 3.8) is 0 Å². The maximum absolute atomic E-state index is 5.12. The van der Waals surface area contributed by atoms with Gasteiger partial charge in [0.05, 0.1) is 7.11 Å². The van der Waals surface area contributed by atoms with Gasteiger partial charge in [0.25, 0.3) is 0 Å². The number of hydrogen-bond acceptors (Lipinski definition) is 3. The van der Waals surface area contributed by atoms with Gasteiger partial charge in [-0.15, -0.1) is 0 Å². The predicted molar refractivity (Wildman–Crippen MR) is 83.1 cm³/mol. The molecule has 0 bridgehead atoms. The van der Waals surface area contributed by atoms with Crippen molar-refractivity contribution in [3.8, 4) is 5.88 Å². The molecule has 3 nitrogen and oxygen atoms in total. The summed E-state index contributed by atoms with van der Waals surface area (Å²) in [7, 11) is 1.65. The zero-order chi connectivity index (χ0) is 14.2. The molecule has 20 heavy (non-hydrogen) atoms. The molecule has 1 aliphatic carbocycles. The molecule has 0 radical (unpaired) electrons. The van der Waals surface area contributed by atoms with E-state index in [1.54, 1.807) is 12.7 Å². The number of nitrogens with one attached hydrogen (secondary N) is 1. The number of hydrogen-bond donors (Lipinski definition) is 1. The average molecular weight is 274 g/mol. The number of methoxy groups -OCH3 is 1. The summed E-state index contributed by atoms with van der Waals surface area (Å²) in [5, 5.41) is 3.69. The number of pyridine rings is 1. The van der Waals surface area contributed by atoms with Crippen LogP contribution in [0.25, 0.3) is 0 Å². The van der Waals surface area contributed by atoms with Crippen molar-refractivity contribution in [3.05, 3.63) is 35.5 Å². The predicted octanol–water partition coefficient (Wildman–Crippen LogP) is 3.50. The molecule has 0 aliphatic heterocycles. The van der Waals surface area contributed by atoms with E-state index >= 15 is 0 Å². The third-order valence-electron chi connectivity index (χ3n) is 3.86. The molecule has 3 heteroatoms. The summed E-state index contributed by atoms with van der Waals surface area (Å²) >= 11 is 0. The monoisotopic (exact) mass is 274 g/mol. The average Bonchev–Trinajstić information content (AvgIpc) is 2.53. The van der Waals surface area contributed by atoms with E-state index in [0.29, 0.717) is 11.9 Å². The van der Waals surface area contributed by atoms with Crippen LogP contribution in [0.2, 0.25) is 0 Å². The number of rotatable bonds is 7. The van der Waals surface area contributed by atoms with Gasteiger partial charge >= 0.3 is 0 Å². The molecule has 0 spiro atoms. The highest BCUT2D eigenvalue weighted by Crippen LogP contribution is 2.22. The molecule has 1 heterocycles. The van der Waals surface area contributed by atoms with Gasteiger partial charge in [-0.25, -0.2) is 4.98 Å². The lowest BCUT2D eigenvalue weighted by Crippen LogP contribution is -2.34. The second-order valence-corrected chi connectivity index (χ2v) is 5.44. The molecule has 1 aromatic rings. The second-order valence-electron chi connectivity index (χ2n) is 5.44. The van der Waals surface area contributed by atoms with E-state index in [2.05, 4.69) is 29.4 Å². The second kappa shape index (κ2) is 8.05. The minimum atomic E-state index is 0.463. The molecular weight excluding hydrogens is 248 g/mol. The molecule has 0 fully saturated rings. The maximum atomic E-state index is 5.12. The number of ether oxygens (including phenoxy) is 1. The summed E-state index contributed by atoms with van der Waals surface area (Å²) in [4.78, 5) is 4.31. The normalized spacial score (nSPS) is 16.6. The van der Waals surface area contributed by atoms with Crippen molar-refractivity contribution in [2.24, 2.45) is 0 Å². The molecule has 2 rings (SSSR count). The van der Waals surface area contributed by atoms with Crippen LogP contribution in [0, 0.1) is 0 Å². The van der Waals surface area contributed by atoms with Crippen LogP contribution in [0.4, 0.5) is 0 Å². The minimum Gasteiger partial charge on any atom is -0.481 e. The van der Waals surface area contributed by atoms with E-state index < -0.39 is 0 Å². The largest absolute Gasteiger partial charge is 0.481 e. The first kappa shape index (κ1) is 15.0. The Morgan fingerprint density at radius 2 is 2.25 bits per heavy atom. The van der Waals surface area contributed by atoms with E-state index in [-0.39, 0.29) is 0 Å². The third-order valence-corrected chi connectivity index (χ3v) is 3.86. The molecule has 1 aliphatic rings. The van der Waals surface area contributed by atoms with E-state index in [9.17, 15) is 0 Å². The molecule has 1 atom stereocenters. The molecule has 0 amide bonds. The first-order valence-corrected chi connectivity index (χ1v) is 7.74. The van der Waals surface area contributed by atoms with Gasteiger partial charge in [-0.2, -0.15) is 0 Å². The highest BCUT2D eigenvalue weighted by atomic mass is 16.5. The van der Waals surface area contributed by atoms with Crippen LogP contribution in [0.15, 0.2) is 30.0 Å². The lowest BCUT2D eigenvalue weighted by atomic mass is 9.90. The van der Waals surface area contributed by atoms with Crippen molar-refractivity contribution in [2.45, 2.75) is 51.5 Å². The van der Waals surface area contributed by atoms with Gasteiger partial charge in [0, 0.05) is 18.3 Å². The number of nitrogens with zero attached hydrogens (tertiary/aromatic N) is 1. The van der Waals surface area contributed by atoms with Crippen LogP contribution >= 0.6 is 0 Å². The van der Waals surface area contributed by atoms with Gasteiger partial charge in [-0.1, -0.05) is 24.6 Å². The van der Waals surface area contributed by atoms with Crippen LogP contribution < -0.4 is 10.1 Å². The Kier molecular flexibility index (Phi) is 6.06. The number of aromatic nitrogens is 1. The summed E-state index contributed by atoms with van der Waals surface area (Å²) in [6.07, 6.45) is 11.7. The van der Waals surface area contributed by atoms with Gasteiger partial charge in [0.1, 0.15) is 0 Å². The van der Waals surface area contributed by atoms with Crippen LogP contribution in [0.5, 0.6) is 5.88 Å². The Balaban J connectivity index is 2.03. The molecule has 0 saturated heterocycles. The highest BCUT2D eigenvalue weighted by Gasteiger charge is 2.16. The maximum Gasteiger partial charge on any atom is 0.212 e. The molecular formula is C17H26N2O. The van der Waals surface area contributed by atoms with Gasteiger partial charge in [0.15, 0.2) is 0 Å². The molecule has 110 valence electrons. The molecule has 0 saturated carbocycles. The summed E-state index contributed by atoms with van der Waals surface area (Å²) in [5.74, 6) is 0.684. The Morgan fingerprint density at radius 3 is 2.85 bits per heavy atom. The van der Waals surface area contributed by atoms with E-state index in [1.807, 2.05) is 12.3 Å². The van der Waals surface area contributed by atoms with Crippen molar-refractivity contribution < 1.29 is 4.74 Å². The first-order chi connectivity index (χ1) is 9.83. The van der Waals surface area contributed by atoms with E-state index in [4.69, 9.17) is 4.74 Å². The SMILES string of the molecule is CCCNC(Cc1ccc(OC)nc1)C1=CCCCC1. The molecule has 0 aromatic carbocycles. The Labute approximate surface area is 122 Å². The zero-order valence-electron chi connectivity index (χ0n) is 12.7. The van der Waals surface area contributed by atoms with Crippen LogP contribution in [0.1, 0.15) is 44.6 Å². The van der Waals surface area contributed by atoms with E-state index in [1.165, 1.54) is 37.7 Å². The van der Waals surface area contributed by atoms with Crippen molar-refractivity contribution in [2.75, 3.05) is 13.7 Å². The lowest BCUT2D eigenvalue weighted by Gasteiger charge is -2.24. The van der Waals surface area contributed by atoms with Crippen LogP contribution in [0.3, 0.4) is 0 Å². The molecule has 1 aromatic heterocycles. The Morgan fingerprint density at radius 1 is 1.35 bits per heavy atom. The Hall–Kier alpha value is -1.35. The molecule has 1 N–H and O–H groups in total. The van der Waals surface area contributed by atoms with Crippen molar-refractivity contribution in [1.29, 1.82) is 0 Å². The summed E-state index contributed by atoms with van der Waals surface area (Å²) in [5.41, 5.74) is 2.85. The van der Waals surface area contributed by atoms with Crippen LogP contribution in [-0.2, 0) is 6.42 Å². The van der Waals surface area contributed by atoms with E-state index in [0.717, 1.165) is 13.0 Å².